The van der Waals surface area contributed by atoms with Gasteiger partial charge >= 0.3 is 0 Å². The Morgan fingerprint density at radius 1 is 1.45 bits per heavy atom. The van der Waals surface area contributed by atoms with Gasteiger partial charge in [0.1, 0.15) is 11.3 Å². The highest BCUT2D eigenvalue weighted by Gasteiger charge is 2.20. The van der Waals surface area contributed by atoms with Crippen LogP contribution in [-0.4, -0.2) is 27.3 Å². The molecule has 0 radical (unpaired) electrons. The number of Topliss-reactive ketones (excluding diaryl/α,β-unsaturated/α-hetero) is 1. The maximum absolute atomic E-state index is 12.0. The second-order valence-electron chi connectivity index (χ2n) is 4.19. The molecule has 0 unspecified atom stereocenters. The van der Waals surface area contributed by atoms with Crippen LogP contribution in [0.4, 0.5) is 0 Å². The number of hydrogen-bond acceptors (Lipinski definition) is 4. The lowest BCUT2D eigenvalue weighted by molar-refractivity contribution is 0.0918. The zero-order valence-electron chi connectivity index (χ0n) is 10.9. The first-order chi connectivity index (χ1) is 9.40. The minimum Gasteiger partial charge on any atom is -0.493 e. The predicted octanol–water partition coefficient (Wildman–Crippen LogP) is 3.00. The third kappa shape index (κ3) is 2.89. The van der Waals surface area contributed by atoms with Gasteiger partial charge in [-0.05, 0) is 25.1 Å². The van der Waals surface area contributed by atoms with Gasteiger partial charge in [0.25, 0.3) is 0 Å². The Kier molecular flexibility index (Phi) is 4.20. The summed E-state index contributed by atoms with van der Waals surface area (Å²) >= 11 is 11.7. The van der Waals surface area contributed by atoms with Gasteiger partial charge < -0.3 is 9.84 Å². The van der Waals surface area contributed by atoms with Crippen LogP contribution in [0.1, 0.15) is 16.1 Å². The van der Waals surface area contributed by atoms with Gasteiger partial charge in [-0.3, -0.25) is 4.79 Å². The van der Waals surface area contributed by atoms with Crippen molar-refractivity contribution in [3.63, 3.8) is 0 Å². The predicted molar refractivity (Wildman–Crippen MR) is 75.9 cm³/mol. The Labute approximate surface area is 125 Å². The van der Waals surface area contributed by atoms with E-state index < -0.39 is 0 Å². The summed E-state index contributed by atoms with van der Waals surface area (Å²) in [6, 6.07) is 4.71. The molecular formula is C13H12Cl2N2O3. The van der Waals surface area contributed by atoms with Crippen LogP contribution in [0.5, 0.6) is 11.6 Å². The van der Waals surface area contributed by atoms with Crippen molar-refractivity contribution in [1.29, 1.82) is 0 Å². The van der Waals surface area contributed by atoms with E-state index in [0.717, 1.165) is 0 Å². The van der Waals surface area contributed by atoms with E-state index in [2.05, 4.69) is 5.10 Å². The topological polar surface area (TPSA) is 64.3 Å². The van der Waals surface area contributed by atoms with E-state index in [4.69, 9.17) is 27.9 Å². The lowest BCUT2D eigenvalue weighted by Crippen LogP contribution is -2.12. The lowest BCUT2D eigenvalue weighted by Gasteiger charge is -2.07. The molecule has 2 rings (SSSR count). The molecule has 0 spiro atoms. The molecule has 5 nitrogen and oxygen atoms in total. The number of ketones is 1. The number of hydrogen-bond donors (Lipinski definition) is 1. The van der Waals surface area contributed by atoms with Crippen LogP contribution < -0.4 is 4.74 Å². The van der Waals surface area contributed by atoms with Crippen molar-refractivity contribution in [2.24, 2.45) is 7.05 Å². The van der Waals surface area contributed by atoms with Crippen LogP contribution in [0.25, 0.3) is 0 Å². The molecule has 0 bridgehead atoms. The first-order valence-electron chi connectivity index (χ1n) is 5.73. The van der Waals surface area contributed by atoms with Crippen molar-refractivity contribution in [3.05, 3.63) is 39.5 Å². The van der Waals surface area contributed by atoms with Gasteiger partial charge in [-0.2, -0.15) is 5.10 Å². The largest absolute Gasteiger partial charge is 0.493 e. The van der Waals surface area contributed by atoms with Crippen LogP contribution in [0, 0.1) is 6.92 Å². The normalized spacial score (nSPS) is 10.6. The van der Waals surface area contributed by atoms with Crippen molar-refractivity contribution in [2.45, 2.75) is 6.92 Å². The van der Waals surface area contributed by atoms with E-state index in [1.54, 1.807) is 26.1 Å². The summed E-state index contributed by atoms with van der Waals surface area (Å²) in [5.41, 5.74) is 0.596. The molecule has 20 heavy (non-hydrogen) atoms. The molecule has 0 fully saturated rings. The number of aromatic nitrogens is 2. The maximum Gasteiger partial charge on any atom is 0.220 e. The number of carbonyl (C=O) groups is 1. The Morgan fingerprint density at radius 2 is 2.15 bits per heavy atom. The number of aromatic hydroxyl groups is 1. The van der Waals surface area contributed by atoms with Crippen molar-refractivity contribution in [3.8, 4) is 11.6 Å². The third-order valence-corrected chi connectivity index (χ3v) is 3.25. The Bertz CT molecular complexity index is 668. The summed E-state index contributed by atoms with van der Waals surface area (Å²) in [6.07, 6.45) is 0. The van der Waals surface area contributed by atoms with Gasteiger partial charge in [-0.1, -0.05) is 23.2 Å². The number of rotatable bonds is 4. The van der Waals surface area contributed by atoms with Gasteiger partial charge in [-0.15, -0.1) is 0 Å². The highest BCUT2D eigenvalue weighted by atomic mass is 35.5. The fraction of sp³-hybridized carbons (Fsp3) is 0.231. The Morgan fingerprint density at radius 3 is 2.70 bits per heavy atom. The molecule has 1 heterocycles. The van der Waals surface area contributed by atoms with E-state index in [0.29, 0.717) is 21.5 Å². The number of benzene rings is 1. The second kappa shape index (κ2) is 5.73. The third-order valence-electron chi connectivity index (χ3n) is 2.72. The SMILES string of the molecule is Cc1nn(C)c(O)c1C(=O)COc1ccc(Cl)cc1Cl. The number of ether oxygens (including phenoxy) is 1. The minimum absolute atomic E-state index is 0.151. The van der Waals surface area contributed by atoms with E-state index >= 15 is 0 Å². The van der Waals surface area contributed by atoms with E-state index in [1.807, 2.05) is 0 Å². The van der Waals surface area contributed by atoms with Crippen LogP contribution >= 0.6 is 23.2 Å². The summed E-state index contributed by atoms with van der Waals surface area (Å²) in [5, 5.41) is 14.5. The van der Waals surface area contributed by atoms with E-state index in [1.165, 1.54) is 10.7 Å². The van der Waals surface area contributed by atoms with E-state index in [9.17, 15) is 9.90 Å². The molecule has 0 aliphatic carbocycles. The van der Waals surface area contributed by atoms with Crippen molar-refractivity contribution in [1.82, 2.24) is 9.78 Å². The average Bonchev–Trinajstić information content (AvgIpc) is 2.62. The molecule has 2 aromatic rings. The molecule has 1 aromatic carbocycles. The van der Waals surface area contributed by atoms with Gasteiger partial charge in [0.2, 0.25) is 11.7 Å². The molecule has 1 N–H and O–H groups in total. The number of carbonyl (C=O) groups excluding carboxylic acids is 1. The maximum atomic E-state index is 12.0. The van der Waals surface area contributed by atoms with E-state index in [-0.39, 0.29) is 23.8 Å². The highest BCUT2D eigenvalue weighted by Crippen LogP contribution is 2.28. The fourth-order valence-electron chi connectivity index (χ4n) is 1.78. The molecular weight excluding hydrogens is 303 g/mol. The smallest absolute Gasteiger partial charge is 0.220 e. The first kappa shape index (κ1) is 14.7. The molecule has 0 aliphatic heterocycles. The second-order valence-corrected chi connectivity index (χ2v) is 5.04. The zero-order chi connectivity index (χ0) is 14.9. The molecule has 0 saturated heterocycles. The van der Waals surface area contributed by atoms with Gasteiger partial charge in [0.05, 0.1) is 10.7 Å². The van der Waals surface area contributed by atoms with Crippen LogP contribution in [-0.2, 0) is 7.05 Å². The summed E-state index contributed by atoms with van der Waals surface area (Å²) in [7, 11) is 1.55. The summed E-state index contributed by atoms with van der Waals surface area (Å²) in [6.45, 7) is 1.39. The number of halogens is 2. The number of aryl methyl sites for hydroxylation is 2. The van der Waals surface area contributed by atoms with Crippen LogP contribution in [0.15, 0.2) is 18.2 Å². The van der Waals surface area contributed by atoms with Crippen molar-refractivity contribution < 1.29 is 14.6 Å². The molecule has 0 amide bonds. The Hall–Kier alpha value is -1.72. The van der Waals surface area contributed by atoms with Crippen LogP contribution in [0.2, 0.25) is 10.0 Å². The molecule has 0 aliphatic rings. The standard InChI is InChI=1S/C13H12Cl2N2O3/c1-7-12(13(19)17(2)16-7)10(18)6-20-11-4-3-8(14)5-9(11)15/h3-5,19H,6H2,1-2H3. The van der Waals surface area contributed by atoms with Crippen molar-refractivity contribution in [2.75, 3.05) is 6.61 Å². The van der Waals surface area contributed by atoms with Gasteiger partial charge in [0.15, 0.2) is 6.61 Å². The quantitative estimate of drug-likeness (QED) is 0.881. The van der Waals surface area contributed by atoms with Crippen molar-refractivity contribution >= 4 is 29.0 Å². The summed E-state index contributed by atoms with van der Waals surface area (Å²) in [4.78, 5) is 12.0. The zero-order valence-corrected chi connectivity index (χ0v) is 12.4. The molecule has 0 saturated carbocycles. The fourth-order valence-corrected chi connectivity index (χ4v) is 2.24. The van der Waals surface area contributed by atoms with Crippen LogP contribution in [0.3, 0.4) is 0 Å². The molecule has 0 atom stereocenters. The van der Waals surface area contributed by atoms with Gasteiger partial charge in [0, 0.05) is 12.1 Å². The minimum atomic E-state index is -0.376. The number of nitrogens with zero attached hydrogens (tertiary/aromatic N) is 2. The Balaban J connectivity index is 2.13. The monoisotopic (exact) mass is 314 g/mol. The first-order valence-corrected chi connectivity index (χ1v) is 6.49. The molecule has 7 heteroatoms. The summed E-state index contributed by atoms with van der Waals surface area (Å²) in [5.74, 6) is -0.206. The average molecular weight is 315 g/mol. The summed E-state index contributed by atoms with van der Waals surface area (Å²) < 4.78 is 6.57. The lowest BCUT2D eigenvalue weighted by atomic mass is 10.2. The van der Waals surface area contributed by atoms with Gasteiger partial charge in [-0.25, -0.2) is 4.68 Å². The molecule has 1 aromatic heterocycles. The highest BCUT2D eigenvalue weighted by molar-refractivity contribution is 6.35. The molecule has 106 valence electrons.